The Balaban J connectivity index is 1.82. The Hall–Kier alpha value is 0.880. The second-order valence-corrected chi connectivity index (χ2v) is 7.30. The van der Waals surface area contributed by atoms with Crippen LogP contribution in [-0.4, -0.2) is 21.0 Å². The molecule has 1 fully saturated rings. The van der Waals surface area contributed by atoms with Crippen LogP contribution >= 0.6 is 47.0 Å². The fourth-order valence-corrected chi connectivity index (χ4v) is 8.00. The van der Waals surface area contributed by atoms with Gasteiger partial charge in [0.1, 0.15) is 0 Å². The SMILES string of the molecule is C1=CSC2C(S1)C1SC=CSC21. The van der Waals surface area contributed by atoms with Crippen LogP contribution in [0.3, 0.4) is 0 Å². The molecule has 4 heteroatoms. The predicted molar refractivity (Wildman–Crippen MR) is 63.8 cm³/mol. The maximum atomic E-state index is 2.26. The first-order valence-electron chi connectivity index (χ1n) is 3.89. The number of hydrogen-bond acceptors (Lipinski definition) is 4. The minimum absolute atomic E-state index is 0.882. The van der Waals surface area contributed by atoms with E-state index in [0.29, 0.717) is 0 Å². The quantitative estimate of drug-likeness (QED) is 0.627. The number of thioether (sulfide) groups is 4. The number of fused-ring (bicyclic) bond motifs is 4. The molecule has 0 nitrogen and oxygen atoms in total. The van der Waals surface area contributed by atoms with Crippen LogP contribution in [0.5, 0.6) is 0 Å². The van der Waals surface area contributed by atoms with Gasteiger partial charge in [0, 0.05) is 21.0 Å². The highest BCUT2D eigenvalue weighted by Gasteiger charge is 2.52. The molecule has 0 atom stereocenters. The summed E-state index contributed by atoms with van der Waals surface area (Å²) >= 11 is 8.12. The highest BCUT2D eigenvalue weighted by molar-refractivity contribution is 8.15. The lowest BCUT2D eigenvalue weighted by atomic mass is 9.97. The van der Waals surface area contributed by atoms with Crippen LogP contribution in [-0.2, 0) is 0 Å². The normalized spacial score (nSPS) is 49.3. The Morgan fingerprint density at radius 2 is 0.750 bits per heavy atom. The zero-order valence-electron chi connectivity index (χ0n) is 6.25. The average Bonchev–Trinajstić information content (AvgIpc) is 2.14. The van der Waals surface area contributed by atoms with E-state index in [1.165, 1.54) is 0 Å². The molecule has 0 N–H and O–H groups in total. The first-order valence-corrected chi connectivity index (χ1v) is 7.66. The van der Waals surface area contributed by atoms with Gasteiger partial charge in [-0.1, -0.05) is 0 Å². The zero-order valence-corrected chi connectivity index (χ0v) is 9.52. The van der Waals surface area contributed by atoms with Gasteiger partial charge >= 0.3 is 0 Å². The van der Waals surface area contributed by atoms with E-state index >= 15 is 0 Å². The molecule has 2 heterocycles. The maximum Gasteiger partial charge on any atom is 0.0356 e. The topological polar surface area (TPSA) is 0 Å². The Morgan fingerprint density at radius 1 is 0.500 bits per heavy atom. The summed E-state index contributed by atoms with van der Waals surface area (Å²) in [6.45, 7) is 0. The number of hydrogen-bond donors (Lipinski definition) is 0. The van der Waals surface area contributed by atoms with Crippen molar-refractivity contribution in [1.29, 1.82) is 0 Å². The second kappa shape index (κ2) is 3.23. The predicted octanol–water partition coefficient (Wildman–Crippen LogP) is 3.38. The number of rotatable bonds is 0. The summed E-state index contributed by atoms with van der Waals surface area (Å²) in [7, 11) is 0. The van der Waals surface area contributed by atoms with E-state index in [2.05, 4.69) is 21.6 Å². The van der Waals surface area contributed by atoms with E-state index in [4.69, 9.17) is 0 Å². The lowest BCUT2D eigenvalue weighted by Gasteiger charge is -2.51. The standard InChI is InChI=1S/C8H8S4/c1-2-10-6-5(9-1)7-8(6)12-4-3-11-7/h1-8H. The molecule has 3 aliphatic rings. The largest absolute Gasteiger partial charge is 0.128 e. The molecule has 0 radical (unpaired) electrons. The van der Waals surface area contributed by atoms with Crippen molar-refractivity contribution in [3.8, 4) is 0 Å². The fraction of sp³-hybridized carbons (Fsp3) is 0.500. The van der Waals surface area contributed by atoms with Gasteiger partial charge in [-0.3, -0.25) is 0 Å². The summed E-state index contributed by atoms with van der Waals surface area (Å²) in [5.41, 5.74) is 0. The van der Waals surface area contributed by atoms with Gasteiger partial charge in [0.15, 0.2) is 0 Å². The van der Waals surface area contributed by atoms with Crippen molar-refractivity contribution < 1.29 is 0 Å². The van der Waals surface area contributed by atoms with Crippen LogP contribution in [0.1, 0.15) is 0 Å². The fourth-order valence-electron chi connectivity index (χ4n) is 1.71. The van der Waals surface area contributed by atoms with Crippen LogP contribution in [0.4, 0.5) is 0 Å². The van der Waals surface area contributed by atoms with Crippen molar-refractivity contribution in [3.63, 3.8) is 0 Å². The average molecular weight is 232 g/mol. The van der Waals surface area contributed by atoms with Gasteiger partial charge in [0.2, 0.25) is 0 Å². The molecule has 0 unspecified atom stereocenters. The highest BCUT2D eigenvalue weighted by atomic mass is 32.2. The minimum Gasteiger partial charge on any atom is -0.128 e. The van der Waals surface area contributed by atoms with Gasteiger partial charge in [0.05, 0.1) is 0 Å². The van der Waals surface area contributed by atoms with Gasteiger partial charge < -0.3 is 0 Å². The molecule has 0 amide bonds. The van der Waals surface area contributed by atoms with Crippen LogP contribution in [0.2, 0.25) is 0 Å². The smallest absolute Gasteiger partial charge is 0.0356 e. The van der Waals surface area contributed by atoms with Crippen molar-refractivity contribution in [1.82, 2.24) is 0 Å². The molecule has 0 aromatic rings. The summed E-state index contributed by atoms with van der Waals surface area (Å²) in [5.74, 6) is 0. The lowest BCUT2D eigenvalue weighted by Crippen LogP contribution is -2.57. The summed E-state index contributed by atoms with van der Waals surface area (Å²) in [5, 5.41) is 12.5. The van der Waals surface area contributed by atoms with Crippen molar-refractivity contribution >= 4 is 47.0 Å². The third kappa shape index (κ3) is 1.11. The molecule has 12 heavy (non-hydrogen) atoms. The molecule has 0 bridgehead atoms. The Morgan fingerprint density at radius 3 is 1.00 bits per heavy atom. The Bertz CT molecular complexity index is 189. The summed E-state index contributed by atoms with van der Waals surface area (Å²) in [6, 6.07) is 0. The van der Waals surface area contributed by atoms with Crippen LogP contribution in [0.25, 0.3) is 0 Å². The van der Waals surface area contributed by atoms with E-state index in [1.807, 2.05) is 47.0 Å². The third-order valence-electron chi connectivity index (χ3n) is 2.35. The van der Waals surface area contributed by atoms with Crippen LogP contribution in [0, 0.1) is 0 Å². The van der Waals surface area contributed by atoms with Gasteiger partial charge in [-0.15, -0.1) is 47.0 Å². The van der Waals surface area contributed by atoms with Gasteiger partial charge in [-0.2, -0.15) is 0 Å². The molecule has 0 aromatic carbocycles. The summed E-state index contributed by atoms with van der Waals surface area (Å²) < 4.78 is 0. The maximum absolute atomic E-state index is 2.26. The molecule has 1 aliphatic carbocycles. The molecule has 1 saturated carbocycles. The van der Waals surface area contributed by atoms with E-state index in [-0.39, 0.29) is 0 Å². The molecule has 64 valence electrons. The third-order valence-corrected chi connectivity index (χ3v) is 8.16. The van der Waals surface area contributed by atoms with Crippen molar-refractivity contribution in [2.24, 2.45) is 0 Å². The van der Waals surface area contributed by atoms with Crippen LogP contribution < -0.4 is 0 Å². The molecule has 0 aromatic heterocycles. The molecule has 3 rings (SSSR count). The zero-order chi connectivity index (χ0) is 7.97. The molecule has 2 aliphatic heterocycles. The monoisotopic (exact) mass is 232 g/mol. The highest BCUT2D eigenvalue weighted by Crippen LogP contribution is 2.56. The summed E-state index contributed by atoms with van der Waals surface area (Å²) in [6.07, 6.45) is 0. The lowest BCUT2D eigenvalue weighted by molar-refractivity contribution is 0.580. The van der Waals surface area contributed by atoms with E-state index in [9.17, 15) is 0 Å². The minimum atomic E-state index is 0.882. The molecular weight excluding hydrogens is 224 g/mol. The molecule has 0 saturated heterocycles. The first kappa shape index (κ1) is 8.21. The Kier molecular flexibility index (Phi) is 2.21. The molecular formula is C8H8S4. The second-order valence-electron chi connectivity index (χ2n) is 2.95. The van der Waals surface area contributed by atoms with Crippen molar-refractivity contribution in [3.05, 3.63) is 21.6 Å². The van der Waals surface area contributed by atoms with E-state index in [0.717, 1.165) is 21.0 Å². The van der Waals surface area contributed by atoms with Crippen molar-refractivity contribution in [2.75, 3.05) is 0 Å². The van der Waals surface area contributed by atoms with Gasteiger partial charge in [-0.05, 0) is 21.6 Å². The van der Waals surface area contributed by atoms with E-state index in [1.54, 1.807) is 0 Å². The van der Waals surface area contributed by atoms with E-state index < -0.39 is 0 Å². The Labute approximate surface area is 89.4 Å². The molecule has 0 spiro atoms. The van der Waals surface area contributed by atoms with Gasteiger partial charge in [-0.25, -0.2) is 0 Å². The first-order chi connectivity index (χ1) is 5.97. The van der Waals surface area contributed by atoms with Crippen molar-refractivity contribution in [2.45, 2.75) is 21.0 Å². The summed E-state index contributed by atoms with van der Waals surface area (Å²) in [4.78, 5) is 0. The van der Waals surface area contributed by atoms with Gasteiger partial charge in [0.25, 0.3) is 0 Å². The van der Waals surface area contributed by atoms with Crippen LogP contribution in [0.15, 0.2) is 21.6 Å².